The Labute approximate surface area is 139 Å². The number of nitrogen functional groups attached to an aromatic ring is 1. The van der Waals surface area contributed by atoms with Crippen LogP contribution in [0, 0.1) is 3.57 Å². The average molecular weight is 443 g/mol. The van der Waals surface area contributed by atoms with Gasteiger partial charge in [0.05, 0.1) is 5.56 Å². The molecular formula is C15H12BrIN2O. The fourth-order valence-corrected chi connectivity index (χ4v) is 3.32. The van der Waals surface area contributed by atoms with E-state index in [2.05, 4.69) is 38.5 Å². The van der Waals surface area contributed by atoms with Gasteiger partial charge in [0, 0.05) is 26.8 Å². The number of amides is 1. The van der Waals surface area contributed by atoms with Crippen molar-refractivity contribution in [2.45, 2.75) is 13.1 Å². The van der Waals surface area contributed by atoms with E-state index in [9.17, 15) is 4.79 Å². The SMILES string of the molecule is Nc1ccc2c(c1)CN(C(=O)c1cc(Br)ccc1I)C2. The van der Waals surface area contributed by atoms with Gasteiger partial charge in [-0.15, -0.1) is 0 Å². The number of carbonyl (C=O) groups excluding carboxylic acids is 1. The van der Waals surface area contributed by atoms with Gasteiger partial charge in [-0.25, -0.2) is 0 Å². The second-order valence-corrected chi connectivity index (χ2v) is 6.89. The molecule has 1 aliphatic rings. The summed E-state index contributed by atoms with van der Waals surface area (Å²) in [6.07, 6.45) is 0. The van der Waals surface area contributed by atoms with Gasteiger partial charge in [-0.3, -0.25) is 4.79 Å². The molecule has 0 saturated heterocycles. The lowest BCUT2D eigenvalue weighted by atomic mass is 10.1. The molecule has 0 aliphatic carbocycles. The lowest BCUT2D eigenvalue weighted by Crippen LogP contribution is -2.26. The highest BCUT2D eigenvalue weighted by molar-refractivity contribution is 14.1. The maximum absolute atomic E-state index is 12.6. The molecule has 0 aromatic heterocycles. The molecule has 3 rings (SSSR count). The molecule has 0 bridgehead atoms. The van der Waals surface area contributed by atoms with Gasteiger partial charge in [0.1, 0.15) is 0 Å². The Bertz CT molecular complexity index is 702. The number of nitrogens with zero attached hydrogens (tertiary/aromatic N) is 1. The monoisotopic (exact) mass is 442 g/mol. The van der Waals surface area contributed by atoms with Gasteiger partial charge in [-0.1, -0.05) is 22.0 Å². The number of hydrogen-bond donors (Lipinski definition) is 1. The van der Waals surface area contributed by atoms with Gasteiger partial charge in [-0.05, 0) is 64.0 Å². The third-order valence-corrected chi connectivity index (χ3v) is 4.83. The maximum atomic E-state index is 12.6. The van der Waals surface area contributed by atoms with E-state index in [0.29, 0.717) is 13.1 Å². The Morgan fingerprint density at radius 1 is 1.15 bits per heavy atom. The first kappa shape index (κ1) is 13.9. The summed E-state index contributed by atoms with van der Waals surface area (Å²) in [5.41, 5.74) is 9.60. The first-order chi connectivity index (χ1) is 9.54. The highest BCUT2D eigenvalue weighted by atomic mass is 127. The quantitative estimate of drug-likeness (QED) is 0.539. The zero-order valence-corrected chi connectivity index (χ0v) is 14.3. The lowest BCUT2D eigenvalue weighted by Gasteiger charge is -2.16. The van der Waals surface area contributed by atoms with E-state index in [1.54, 1.807) is 0 Å². The number of anilines is 1. The number of fused-ring (bicyclic) bond motifs is 1. The molecule has 2 aromatic carbocycles. The third-order valence-electron chi connectivity index (χ3n) is 3.40. The number of benzene rings is 2. The standard InChI is InChI=1S/C15H12BrIN2O/c16-11-2-4-14(17)13(6-11)15(20)19-7-9-1-3-12(18)5-10(9)8-19/h1-6H,7-8,18H2. The molecule has 1 aliphatic heterocycles. The predicted molar refractivity (Wildman–Crippen MR) is 91.3 cm³/mol. The van der Waals surface area contributed by atoms with Crippen LogP contribution in [0.1, 0.15) is 21.5 Å². The topological polar surface area (TPSA) is 46.3 Å². The van der Waals surface area contributed by atoms with Crippen LogP contribution in [0.5, 0.6) is 0 Å². The van der Waals surface area contributed by atoms with Crippen molar-refractivity contribution in [2.24, 2.45) is 0 Å². The fraction of sp³-hybridized carbons (Fsp3) is 0.133. The molecular weight excluding hydrogens is 431 g/mol. The summed E-state index contributed by atoms with van der Waals surface area (Å²) in [6, 6.07) is 11.6. The number of nitrogens with two attached hydrogens (primary N) is 1. The highest BCUT2D eigenvalue weighted by Crippen LogP contribution is 2.28. The van der Waals surface area contributed by atoms with E-state index in [0.717, 1.165) is 24.9 Å². The molecule has 2 N–H and O–H groups in total. The average Bonchev–Trinajstić information content (AvgIpc) is 2.83. The van der Waals surface area contributed by atoms with Crippen LogP contribution in [-0.4, -0.2) is 10.8 Å². The van der Waals surface area contributed by atoms with Crippen LogP contribution >= 0.6 is 38.5 Å². The van der Waals surface area contributed by atoms with Crippen LogP contribution in [0.3, 0.4) is 0 Å². The minimum Gasteiger partial charge on any atom is -0.399 e. The molecule has 1 amide bonds. The van der Waals surface area contributed by atoms with Crippen molar-refractivity contribution < 1.29 is 4.79 Å². The maximum Gasteiger partial charge on any atom is 0.255 e. The molecule has 0 radical (unpaired) electrons. The molecule has 3 nitrogen and oxygen atoms in total. The van der Waals surface area contributed by atoms with Crippen molar-refractivity contribution in [2.75, 3.05) is 5.73 Å². The minimum absolute atomic E-state index is 0.0606. The second-order valence-electron chi connectivity index (χ2n) is 4.81. The Morgan fingerprint density at radius 3 is 2.70 bits per heavy atom. The summed E-state index contributed by atoms with van der Waals surface area (Å²) in [5.74, 6) is 0.0606. The van der Waals surface area contributed by atoms with Gasteiger partial charge < -0.3 is 10.6 Å². The van der Waals surface area contributed by atoms with Crippen molar-refractivity contribution in [1.29, 1.82) is 0 Å². The van der Waals surface area contributed by atoms with Crippen LogP contribution < -0.4 is 5.73 Å². The van der Waals surface area contributed by atoms with Crippen LogP contribution in [0.4, 0.5) is 5.69 Å². The second kappa shape index (κ2) is 5.37. The molecule has 0 spiro atoms. The van der Waals surface area contributed by atoms with Gasteiger partial charge >= 0.3 is 0 Å². The Balaban J connectivity index is 1.89. The van der Waals surface area contributed by atoms with Crippen molar-refractivity contribution in [1.82, 2.24) is 4.90 Å². The molecule has 0 fully saturated rings. The van der Waals surface area contributed by atoms with E-state index in [1.807, 2.05) is 41.3 Å². The van der Waals surface area contributed by atoms with E-state index < -0.39 is 0 Å². The smallest absolute Gasteiger partial charge is 0.255 e. The Hall–Kier alpha value is -1.08. The first-order valence-corrected chi connectivity index (χ1v) is 8.03. The largest absolute Gasteiger partial charge is 0.399 e. The molecule has 1 heterocycles. The predicted octanol–water partition coefficient (Wildman–Crippen LogP) is 3.79. The van der Waals surface area contributed by atoms with E-state index in [-0.39, 0.29) is 5.91 Å². The van der Waals surface area contributed by atoms with Crippen molar-refractivity contribution in [3.05, 3.63) is 61.1 Å². The summed E-state index contributed by atoms with van der Waals surface area (Å²) in [5, 5.41) is 0. The van der Waals surface area contributed by atoms with Gasteiger partial charge in [0.25, 0.3) is 5.91 Å². The molecule has 2 aromatic rings. The summed E-state index contributed by atoms with van der Waals surface area (Å²) in [4.78, 5) is 14.5. The zero-order valence-electron chi connectivity index (χ0n) is 10.6. The van der Waals surface area contributed by atoms with Crippen molar-refractivity contribution in [3.63, 3.8) is 0 Å². The number of rotatable bonds is 1. The van der Waals surface area contributed by atoms with E-state index in [4.69, 9.17) is 5.73 Å². The number of carbonyl (C=O) groups is 1. The summed E-state index contributed by atoms with van der Waals surface area (Å²) in [6.45, 7) is 1.28. The lowest BCUT2D eigenvalue weighted by molar-refractivity contribution is 0.0750. The molecule has 5 heteroatoms. The van der Waals surface area contributed by atoms with Crippen molar-refractivity contribution in [3.8, 4) is 0 Å². The fourth-order valence-electron chi connectivity index (χ4n) is 2.39. The van der Waals surface area contributed by atoms with Crippen molar-refractivity contribution >= 4 is 50.1 Å². The summed E-state index contributed by atoms with van der Waals surface area (Å²) in [7, 11) is 0. The molecule has 0 unspecified atom stereocenters. The molecule has 0 saturated carbocycles. The molecule has 0 atom stereocenters. The summed E-state index contributed by atoms with van der Waals surface area (Å²) >= 11 is 5.62. The Kier molecular flexibility index (Phi) is 3.72. The summed E-state index contributed by atoms with van der Waals surface area (Å²) < 4.78 is 1.88. The first-order valence-electron chi connectivity index (χ1n) is 6.16. The van der Waals surface area contributed by atoms with Crippen LogP contribution in [0.2, 0.25) is 0 Å². The van der Waals surface area contributed by atoms with Gasteiger partial charge in [0.2, 0.25) is 0 Å². The van der Waals surface area contributed by atoms with Gasteiger partial charge in [0.15, 0.2) is 0 Å². The van der Waals surface area contributed by atoms with Gasteiger partial charge in [-0.2, -0.15) is 0 Å². The van der Waals surface area contributed by atoms with Crippen LogP contribution in [-0.2, 0) is 13.1 Å². The van der Waals surface area contributed by atoms with Crippen LogP contribution in [0.25, 0.3) is 0 Å². The molecule has 102 valence electrons. The van der Waals surface area contributed by atoms with E-state index in [1.165, 1.54) is 5.56 Å². The zero-order chi connectivity index (χ0) is 14.3. The normalized spacial score (nSPS) is 13.4. The third kappa shape index (κ3) is 2.56. The highest BCUT2D eigenvalue weighted by Gasteiger charge is 2.25. The number of halogens is 2. The Morgan fingerprint density at radius 2 is 1.90 bits per heavy atom. The van der Waals surface area contributed by atoms with Crippen LogP contribution in [0.15, 0.2) is 40.9 Å². The number of hydrogen-bond acceptors (Lipinski definition) is 2. The minimum atomic E-state index is 0.0606. The molecule has 20 heavy (non-hydrogen) atoms. The van der Waals surface area contributed by atoms with E-state index >= 15 is 0 Å².